The second-order valence-electron chi connectivity index (χ2n) is 7.33. The van der Waals surface area contributed by atoms with E-state index in [1.165, 1.54) is 11.8 Å². The summed E-state index contributed by atoms with van der Waals surface area (Å²) in [5.74, 6) is 1.51. The topological polar surface area (TPSA) is 58.6 Å². The molecule has 0 aliphatic rings. The summed E-state index contributed by atoms with van der Waals surface area (Å²) in [5, 5.41) is 3.59. The van der Waals surface area contributed by atoms with Gasteiger partial charge in [-0.05, 0) is 56.2 Å². The summed E-state index contributed by atoms with van der Waals surface area (Å²) in [4.78, 5) is 27.2. The molecule has 0 unspecified atom stereocenters. The van der Waals surface area contributed by atoms with Crippen molar-refractivity contribution in [2.75, 3.05) is 12.9 Å². The van der Waals surface area contributed by atoms with Crippen molar-refractivity contribution in [1.82, 2.24) is 10.2 Å². The van der Waals surface area contributed by atoms with Crippen molar-refractivity contribution >= 4 is 35.2 Å². The molecule has 0 aromatic heterocycles. The van der Waals surface area contributed by atoms with E-state index in [1.807, 2.05) is 62.4 Å². The van der Waals surface area contributed by atoms with Crippen LogP contribution in [0.5, 0.6) is 5.75 Å². The van der Waals surface area contributed by atoms with Gasteiger partial charge in [0.1, 0.15) is 11.8 Å². The average Bonchev–Trinajstić information content (AvgIpc) is 2.72. The molecule has 0 radical (unpaired) electrons. The first-order valence-electron chi connectivity index (χ1n) is 9.85. The Morgan fingerprint density at radius 1 is 1.03 bits per heavy atom. The van der Waals surface area contributed by atoms with E-state index in [4.69, 9.17) is 16.3 Å². The van der Waals surface area contributed by atoms with E-state index in [-0.39, 0.29) is 23.6 Å². The highest BCUT2D eigenvalue weighted by molar-refractivity contribution is 7.99. The first kappa shape index (κ1) is 24.1. The number of nitrogens with one attached hydrogen (secondary N) is 1. The highest BCUT2D eigenvalue weighted by atomic mass is 35.5. The number of amides is 2. The summed E-state index contributed by atoms with van der Waals surface area (Å²) in [6.45, 7) is 5.93. The van der Waals surface area contributed by atoms with Gasteiger partial charge in [-0.15, -0.1) is 11.8 Å². The van der Waals surface area contributed by atoms with Crippen molar-refractivity contribution in [3.8, 4) is 5.75 Å². The molecule has 0 heterocycles. The van der Waals surface area contributed by atoms with Crippen molar-refractivity contribution in [3.63, 3.8) is 0 Å². The molecule has 0 saturated heterocycles. The van der Waals surface area contributed by atoms with Crippen molar-refractivity contribution in [2.45, 2.75) is 45.2 Å². The van der Waals surface area contributed by atoms with Crippen LogP contribution in [0.1, 0.15) is 31.9 Å². The lowest BCUT2D eigenvalue weighted by atomic mass is 10.1. The number of nitrogens with zero attached hydrogens (tertiary/aromatic N) is 1. The highest BCUT2D eigenvalue weighted by Crippen LogP contribution is 2.19. The molecule has 2 aromatic carbocycles. The molecule has 30 heavy (non-hydrogen) atoms. The number of rotatable bonds is 10. The van der Waals surface area contributed by atoms with Crippen LogP contribution in [0.2, 0.25) is 5.02 Å². The van der Waals surface area contributed by atoms with Crippen LogP contribution in [0.15, 0.2) is 48.5 Å². The monoisotopic (exact) mass is 448 g/mol. The lowest BCUT2D eigenvalue weighted by Gasteiger charge is -2.29. The molecule has 5 nitrogen and oxygen atoms in total. The molecular formula is C23H29ClN2O3S. The maximum Gasteiger partial charge on any atom is 0.242 e. The Bertz CT molecular complexity index is 825. The molecular weight excluding hydrogens is 420 g/mol. The summed E-state index contributed by atoms with van der Waals surface area (Å²) in [6, 6.07) is 14.6. The van der Waals surface area contributed by atoms with Gasteiger partial charge in [-0.2, -0.15) is 0 Å². The predicted molar refractivity (Wildman–Crippen MR) is 124 cm³/mol. The van der Waals surface area contributed by atoms with Gasteiger partial charge in [0.15, 0.2) is 0 Å². The minimum Gasteiger partial charge on any atom is -0.497 e. The van der Waals surface area contributed by atoms with Crippen LogP contribution in [-0.4, -0.2) is 41.7 Å². The molecule has 2 amide bonds. The molecule has 7 heteroatoms. The molecule has 0 aliphatic carbocycles. The third kappa shape index (κ3) is 7.58. The molecule has 162 valence electrons. The largest absolute Gasteiger partial charge is 0.497 e. The van der Waals surface area contributed by atoms with Crippen molar-refractivity contribution in [1.29, 1.82) is 0 Å². The quantitative estimate of drug-likeness (QED) is 0.580. The fourth-order valence-corrected chi connectivity index (χ4v) is 3.83. The summed E-state index contributed by atoms with van der Waals surface area (Å²) in [5.41, 5.74) is 2.04. The van der Waals surface area contributed by atoms with Gasteiger partial charge in [-0.1, -0.05) is 35.9 Å². The molecule has 0 spiro atoms. The van der Waals surface area contributed by atoms with E-state index in [0.29, 0.717) is 17.3 Å². The Kier molecular flexibility index (Phi) is 9.53. The number of methoxy groups -OCH3 is 1. The summed E-state index contributed by atoms with van der Waals surface area (Å²) < 4.78 is 5.20. The first-order chi connectivity index (χ1) is 14.3. The second kappa shape index (κ2) is 11.9. The Balaban J connectivity index is 2.06. The van der Waals surface area contributed by atoms with Crippen LogP contribution in [0.25, 0.3) is 0 Å². The predicted octanol–water partition coefficient (Wildman–Crippen LogP) is 4.52. The van der Waals surface area contributed by atoms with E-state index in [0.717, 1.165) is 16.9 Å². The smallest absolute Gasteiger partial charge is 0.242 e. The van der Waals surface area contributed by atoms with Gasteiger partial charge in [0.25, 0.3) is 0 Å². The second-order valence-corrected chi connectivity index (χ2v) is 8.75. The van der Waals surface area contributed by atoms with Crippen LogP contribution in [-0.2, 0) is 21.9 Å². The Hall–Kier alpha value is -2.18. The van der Waals surface area contributed by atoms with Gasteiger partial charge in [0, 0.05) is 23.4 Å². The number of halogens is 1. The molecule has 0 aliphatic heterocycles. The van der Waals surface area contributed by atoms with Crippen LogP contribution < -0.4 is 10.1 Å². The first-order valence-corrected chi connectivity index (χ1v) is 11.4. The maximum absolute atomic E-state index is 13.0. The molecule has 1 N–H and O–H groups in total. The number of hydrogen-bond donors (Lipinski definition) is 1. The third-order valence-electron chi connectivity index (χ3n) is 4.52. The molecule has 2 aromatic rings. The summed E-state index contributed by atoms with van der Waals surface area (Å²) in [6.07, 6.45) is 0. The van der Waals surface area contributed by atoms with Gasteiger partial charge in [-0.3, -0.25) is 9.59 Å². The number of benzene rings is 2. The summed E-state index contributed by atoms with van der Waals surface area (Å²) in [7, 11) is 1.61. The van der Waals surface area contributed by atoms with Crippen molar-refractivity contribution < 1.29 is 14.3 Å². The number of carbonyl (C=O) groups excluding carboxylic acids is 2. The van der Waals surface area contributed by atoms with Gasteiger partial charge in [-0.25, -0.2) is 0 Å². The zero-order valence-electron chi connectivity index (χ0n) is 17.9. The zero-order valence-corrected chi connectivity index (χ0v) is 19.4. The number of carbonyl (C=O) groups is 2. The van der Waals surface area contributed by atoms with Crippen LogP contribution in [0.3, 0.4) is 0 Å². The maximum atomic E-state index is 13.0. The molecule has 2 rings (SSSR count). The summed E-state index contributed by atoms with van der Waals surface area (Å²) >= 11 is 7.44. The standard InChI is InChI=1S/C23H29ClN2O3S/c1-16(2)25-23(28)17(3)26(13-18-7-11-21(29-4)12-8-18)22(27)15-30-14-19-5-9-20(24)10-6-19/h5-12,16-17H,13-15H2,1-4H3,(H,25,28)/t17-/m0/s1. The number of ether oxygens (including phenoxy) is 1. The van der Waals surface area contributed by atoms with Gasteiger partial charge >= 0.3 is 0 Å². The third-order valence-corrected chi connectivity index (χ3v) is 5.76. The Morgan fingerprint density at radius 3 is 2.20 bits per heavy atom. The lowest BCUT2D eigenvalue weighted by molar-refractivity contribution is -0.138. The van der Waals surface area contributed by atoms with Gasteiger partial charge in [0.05, 0.1) is 12.9 Å². The van der Waals surface area contributed by atoms with Gasteiger partial charge in [0.2, 0.25) is 11.8 Å². The number of hydrogen-bond acceptors (Lipinski definition) is 4. The SMILES string of the molecule is COc1ccc(CN(C(=O)CSCc2ccc(Cl)cc2)[C@@H](C)C(=O)NC(C)C)cc1. The van der Waals surface area contributed by atoms with Crippen LogP contribution >= 0.6 is 23.4 Å². The van der Waals surface area contributed by atoms with Gasteiger partial charge < -0.3 is 15.0 Å². The molecule has 0 saturated carbocycles. The molecule has 1 atom stereocenters. The Labute approximate surface area is 188 Å². The molecule has 0 bridgehead atoms. The van der Waals surface area contributed by atoms with E-state index in [2.05, 4.69) is 5.32 Å². The van der Waals surface area contributed by atoms with Crippen LogP contribution in [0, 0.1) is 0 Å². The molecule has 0 fully saturated rings. The minimum atomic E-state index is -0.571. The van der Waals surface area contributed by atoms with E-state index >= 15 is 0 Å². The van der Waals surface area contributed by atoms with Crippen molar-refractivity contribution in [2.24, 2.45) is 0 Å². The highest BCUT2D eigenvalue weighted by Gasteiger charge is 2.26. The zero-order chi connectivity index (χ0) is 22.1. The number of thioether (sulfide) groups is 1. The fraction of sp³-hybridized carbons (Fsp3) is 0.391. The van der Waals surface area contributed by atoms with E-state index < -0.39 is 6.04 Å². The lowest BCUT2D eigenvalue weighted by Crippen LogP contribution is -2.49. The van der Waals surface area contributed by atoms with Crippen LogP contribution in [0.4, 0.5) is 0 Å². The Morgan fingerprint density at radius 2 is 1.63 bits per heavy atom. The van der Waals surface area contributed by atoms with E-state index in [1.54, 1.807) is 18.9 Å². The normalized spacial score (nSPS) is 11.8. The van der Waals surface area contributed by atoms with Crippen molar-refractivity contribution in [3.05, 3.63) is 64.7 Å². The van der Waals surface area contributed by atoms with E-state index in [9.17, 15) is 9.59 Å². The minimum absolute atomic E-state index is 0.0113. The fourth-order valence-electron chi connectivity index (χ4n) is 2.84. The average molecular weight is 449 g/mol.